The van der Waals surface area contributed by atoms with Crippen LogP contribution in [0.4, 0.5) is 13.2 Å². The molecule has 0 radical (unpaired) electrons. The Bertz CT molecular complexity index is 326. The molecule has 2 aliphatic rings. The molecule has 1 amide bonds. The fourth-order valence-electron chi connectivity index (χ4n) is 3.07. The van der Waals surface area contributed by atoms with E-state index in [4.69, 9.17) is 5.73 Å². The van der Waals surface area contributed by atoms with E-state index in [1.165, 1.54) is 0 Å². The Balaban J connectivity index is 1.75. The van der Waals surface area contributed by atoms with Crippen LogP contribution < -0.4 is 11.1 Å². The molecule has 0 aliphatic heterocycles. The van der Waals surface area contributed by atoms with Crippen LogP contribution in [0.5, 0.6) is 0 Å². The number of rotatable bonds is 3. The molecule has 3 N–H and O–H groups in total. The van der Waals surface area contributed by atoms with Crippen LogP contribution in [0.2, 0.25) is 0 Å². The minimum Gasteiger partial charge on any atom is -0.356 e. The van der Waals surface area contributed by atoms with Crippen molar-refractivity contribution in [2.45, 2.75) is 50.7 Å². The number of alkyl halides is 3. The van der Waals surface area contributed by atoms with Crippen LogP contribution in [0.25, 0.3) is 0 Å². The van der Waals surface area contributed by atoms with E-state index in [9.17, 15) is 18.0 Å². The molecule has 0 bridgehead atoms. The second-order valence-corrected chi connectivity index (χ2v) is 5.94. The molecule has 110 valence electrons. The molecule has 2 fully saturated rings. The Morgan fingerprint density at radius 3 is 2.47 bits per heavy atom. The van der Waals surface area contributed by atoms with E-state index >= 15 is 0 Å². The molecule has 0 aromatic carbocycles. The predicted molar refractivity (Wildman–Crippen MR) is 65.2 cm³/mol. The number of amides is 1. The average Bonchev–Trinajstić information content (AvgIpc) is 2.32. The molecule has 2 saturated carbocycles. The van der Waals surface area contributed by atoms with Gasteiger partial charge in [0.25, 0.3) is 0 Å². The highest BCUT2D eigenvalue weighted by molar-refractivity contribution is 5.78. The number of hydrogen-bond donors (Lipinski definition) is 2. The van der Waals surface area contributed by atoms with Crippen molar-refractivity contribution in [2.75, 3.05) is 6.54 Å². The highest BCUT2D eigenvalue weighted by Crippen LogP contribution is 2.40. The van der Waals surface area contributed by atoms with Crippen LogP contribution in [0, 0.1) is 17.8 Å². The zero-order chi connectivity index (χ0) is 14.0. The maximum absolute atomic E-state index is 12.7. The van der Waals surface area contributed by atoms with E-state index in [0.717, 1.165) is 12.8 Å². The van der Waals surface area contributed by atoms with Gasteiger partial charge in [-0.1, -0.05) is 6.42 Å². The normalized spacial score (nSPS) is 35.6. The van der Waals surface area contributed by atoms with Crippen molar-refractivity contribution in [1.82, 2.24) is 5.32 Å². The first-order valence-electron chi connectivity index (χ1n) is 6.96. The van der Waals surface area contributed by atoms with Crippen molar-refractivity contribution in [1.29, 1.82) is 0 Å². The Hall–Kier alpha value is -0.780. The van der Waals surface area contributed by atoms with E-state index in [2.05, 4.69) is 5.32 Å². The van der Waals surface area contributed by atoms with Crippen molar-refractivity contribution < 1.29 is 18.0 Å². The summed E-state index contributed by atoms with van der Waals surface area (Å²) < 4.78 is 38.0. The Kier molecular flexibility index (Phi) is 4.38. The Labute approximate surface area is 111 Å². The summed E-state index contributed by atoms with van der Waals surface area (Å²) in [6.07, 6.45) is -1.21. The summed E-state index contributed by atoms with van der Waals surface area (Å²) in [4.78, 5) is 11.9. The summed E-state index contributed by atoms with van der Waals surface area (Å²) in [5.74, 6) is -1.60. The first-order chi connectivity index (χ1) is 8.86. The zero-order valence-electron chi connectivity index (χ0n) is 10.9. The first-order valence-corrected chi connectivity index (χ1v) is 6.96. The number of nitrogens with one attached hydrogen (secondary N) is 1. The number of carbonyl (C=O) groups excluding carboxylic acids is 1. The van der Waals surface area contributed by atoms with Gasteiger partial charge in [0.1, 0.15) is 0 Å². The van der Waals surface area contributed by atoms with Gasteiger partial charge >= 0.3 is 6.18 Å². The minimum absolute atomic E-state index is 0.0560. The fraction of sp³-hybridized carbons (Fsp3) is 0.923. The number of nitrogens with two attached hydrogens (primary N) is 1. The van der Waals surface area contributed by atoms with E-state index in [1.54, 1.807) is 0 Å². The van der Waals surface area contributed by atoms with Gasteiger partial charge in [0.2, 0.25) is 5.91 Å². The second-order valence-electron chi connectivity index (χ2n) is 5.94. The molecule has 0 spiro atoms. The fourth-order valence-corrected chi connectivity index (χ4v) is 3.07. The van der Waals surface area contributed by atoms with E-state index in [-0.39, 0.29) is 24.8 Å². The molecule has 0 saturated heterocycles. The minimum atomic E-state index is -4.17. The smallest absolute Gasteiger partial charge is 0.356 e. The maximum Gasteiger partial charge on any atom is 0.391 e. The van der Waals surface area contributed by atoms with Gasteiger partial charge in [0, 0.05) is 18.5 Å². The van der Waals surface area contributed by atoms with Crippen LogP contribution in [0.1, 0.15) is 38.5 Å². The largest absolute Gasteiger partial charge is 0.391 e. The molecule has 2 unspecified atom stereocenters. The van der Waals surface area contributed by atoms with Gasteiger partial charge in [0.15, 0.2) is 0 Å². The van der Waals surface area contributed by atoms with Crippen molar-refractivity contribution in [3.63, 3.8) is 0 Å². The topological polar surface area (TPSA) is 55.1 Å². The van der Waals surface area contributed by atoms with Crippen molar-refractivity contribution in [3.8, 4) is 0 Å². The van der Waals surface area contributed by atoms with Crippen LogP contribution in [-0.2, 0) is 4.79 Å². The summed E-state index contributed by atoms with van der Waals surface area (Å²) >= 11 is 0. The van der Waals surface area contributed by atoms with Crippen molar-refractivity contribution in [2.24, 2.45) is 23.5 Å². The summed E-state index contributed by atoms with van der Waals surface area (Å²) in [5.41, 5.74) is 5.65. The van der Waals surface area contributed by atoms with Gasteiger partial charge in [-0.3, -0.25) is 4.79 Å². The van der Waals surface area contributed by atoms with Gasteiger partial charge < -0.3 is 11.1 Å². The van der Waals surface area contributed by atoms with Gasteiger partial charge in [-0.2, -0.15) is 13.2 Å². The third-order valence-electron chi connectivity index (χ3n) is 4.35. The summed E-state index contributed by atoms with van der Waals surface area (Å²) in [6, 6.07) is 0.228. The van der Waals surface area contributed by atoms with E-state index in [0.29, 0.717) is 25.3 Å². The lowest BCUT2D eigenvalue weighted by Crippen LogP contribution is -2.44. The lowest BCUT2D eigenvalue weighted by atomic mass is 9.79. The maximum atomic E-state index is 12.7. The van der Waals surface area contributed by atoms with E-state index < -0.39 is 18.0 Å². The zero-order valence-corrected chi connectivity index (χ0v) is 10.9. The highest BCUT2D eigenvalue weighted by Gasteiger charge is 2.43. The average molecular weight is 278 g/mol. The van der Waals surface area contributed by atoms with E-state index in [1.807, 2.05) is 0 Å². The molecular weight excluding hydrogens is 257 g/mol. The summed E-state index contributed by atoms with van der Waals surface area (Å²) in [7, 11) is 0. The predicted octanol–water partition coefficient (Wildman–Crippen LogP) is 2.21. The quantitative estimate of drug-likeness (QED) is 0.831. The van der Waals surface area contributed by atoms with Gasteiger partial charge in [-0.15, -0.1) is 0 Å². The van der Waals surface area contributed by atoms with Gasteiger partial charge in [0.05, 0.1) is 5.92 Å². The lowest BCUT2D eigenvalue weighted by molar-refractivity contribution is -0.186. The molecule has 0 aromatic rings. The third-order valence-corrected chi connectivity index (χ3v) is 4.35. The molecule has 2 rings (SSSR count). The standard InChI is InChI=1S/C13H21F3N2O/c14-13(15,16)10-3-1-2-9(6-10)12(19)18-7-8-4-11(17)5-8/h8-11H,1-7,17H2,(H,18,19). The first kappa shape index (κ1) is 14.6. The highest BCUT2D eigenvalue weighted by atomic mass is 19.4. The van der Waals surface area contributed by atoms with Gasteiger partial charge in [-0.25, -0.2) is 0 Å². The third kappa shape index (κ3) is 3.84. The monoisotopic (exact) mass is 278 g/mol. The summed E-state index contributed by atoms with van der Waals surface area (Å²) in [5, 5.41) is 2.79. The molecular formula is C13H21F3N2O. The molecule has 3 nitrogen and oxygen atoms in total. The molecule has 6 heteroatoms. The second kappa shape index (κ2) is 5.69. The van der Waals surface area contributed by atoms with Crippen LogP contribution in [-0.4, -0.2) is 24.7 Å². The van der Waals surface area contributed by atoms with Crippen molar-refractivity contribution >= 4 is 5.91 Å². The molecule has 2 atom stereocenters. The SMILES string of the molecule is NC1CC(CNC(=O)C2CCCC(C(F)(F)F)C2)C1. The molecule has 0 aromatic heterocycles. The van der Waals surface area contributed by atoms with Crippen LogP contribution >= 0.6 is 0 Å². The lowest BCUT2D eigenvalue weighted by Gasteiger charge is -2.34. The van der Waals surface area contributed by atoms with Crippen LogP contribution in [0.15, 0.2) is 0 Å². The molecule has 0 heterocycles. The van der Waals surface area contributed by atoms with Crippen molar-refractivity contribution in [3.05, 3.63) is 0 Å². The Morgan fingerprint density at radius 1 is 1.21 bits per heavy atom. The number of hydrogen-bond acceptors (Lipinski definition) is 2. The molecule has 19 heavy (non-hydrogen) atoms. The number of carbonyl (C=O) groups is 1. The Morgan fingerprint density at radius 2 is 1.89 bits per heavy atom. The molecule has 2 aliphatic carbocycles. The summed E-state index contributed by atoms with van der Waals surface area (Å²) in [6.45, 7) is 0.555. The number of halogens is 3. The van der Waals surface area contributed by atoms with Crippen LogP contribution in [0.3, 0.4) is 0 Å². The van der Waals surface area contributed by atoms with Gasteiger partial charge in [-0.05, 0) is 38.0 Å².